The van der Waals surface area contributed by atoms with Crippen molar-refractivity contribution in [2.45, 2.75) is 24.8 Å². The highest BCUT2D eigenvalue weighted by atomic mass is 32.2. The van der Waals surface area contributed by atoms with Crippen LogP contribution in [-0.4, -0.2) is 66.7 Å². The highest BCUT2D eigenvalue weighted by Gasteiger charge is 2.36. The third-order valence-electron chi connectivity index (χ3n) is 5.48. The fourth-order valence-electron chi connectivity index (χ4n) is 3.65. The number of nitrogens with one attached hydrogen (secondary N) is 2. The molecular formula is C22H27N5O6S. The van der Waals surface area contributed by atoms with Crippen molar-refractivity contribution in [1.82, 2.24) is 14.5 Å². The van der Waals surface area contributed by atoms with E-state index >= 15 is 0 Å². The van der Waals surface area contributed by atoms with Gasteiger partial charge in [-0.3, -0.25) is 14.9 Å². The average molecular weight is 490 g/mol. The minimum Gasteiger partial charge on any atom is -0.338 e. The number of piperazine rings is 1. The lowest BCUT2D eigenvalue weighted by atomic mass is 10.0. The number of urea groups is 1. The minimum atomic E-state index is -4.10. The van der Waals surface area contributed by atoms with Crippen LogP contribution in [0.4, 0.5) is 16.2 Å². The topological polar surface area (TPSA) is 142 Å². The van der Waals surface area contributed by atoms with Crippen LogP contribution in [-0.2, 0) is 14.8 Å². The first-order valence-electron chi connectivity index (χ1n) is 10.8. The second-order valence-electron chi connectivity index (χ2n) is 8.14. The zero-order valence-corrected chi connectivity index (χ0v) is 19.7. The summed E-state index contributed by atoms with van der Waals surface area (Å²) in [4.78, 5) is 37.2. The van der Waals surface area contributed by atoms with Gasteiger partial charge in [0, 0.05) is 37.9 Å². The van der Waals surface area contributed by atoms with Gasteiger partial charge in [-0.1, -0.05) is 44.2 Å². The van der Waals surface area contributed by atoms with E-state index in [0.29, 0.717) is 5.69 Å². The van der Waals surface area contributed by atoms with E-state index in [0.717, 1.165) is 10.4 Å². The minimum absolute atomic E-state index is 0.0127. The smallest absolute Gasteiger partial charge is 0.319 e. The molecule has 0 saturated carbocycles. The molecule has 2 aromatic carbocycles. The molecule has 0 aromatic heterocycles. The molecule has 1 saturated heterocycles. The Morgan fingerprint density at radius 2 is 1.56 bits per heavy atom. The lowest BCUT2D eigenvalue weighted by Crippen LogP contribution is -2.57. The Hall–Kier alpha value is -3.51. The highest BCUT2D eigenvalue weighted by molar-refractivity contribution is 7.89. The maximum Gasteiger partial charge on any atom is 0.319 e. The largest absolute Gasteiger partial charge is 0.338 e. The van der Waals surface area contributed by atoms with Crippen molar-refractivity contribution in [2.75, 3.05) is 31.5 Å². The van der Waals surface area contributed by atoms with Gasteiger partial charge in [-0.05, 0) is 24.1 Å². The number of rotatable bonds is 7. The molecule has 1 heterocycles. The molecule has 182 valence electrons. The number of carbonyl (C=O) groups is 2. The predicted octanol–water partition coefficient (Wildman–Crippen LogP) is 2.27. The Morgan fingerprint density at radius 3 is 2.15 bits per heavy atom. The molecule has 1 aliphatic heterocycles. The number of hydrogen-bond donors (Lipinski definition) is 2. The van der Waals surface area contributed by atoms with E-state index in [1.807, 2.05) is 6.07 Å². The first-order valence-corrected chi connectivity index (χ1v) is 12.2. The van der Waals surface area contributed by atoms with Gasteiger partial charge in [0.15, 0.2) is 4.90 Å². The fourth-order valence-corrected chi connectivity index (χ4v) is 5.23. The summed E-state index contributed by atoms with van der Waals surface area (Å²) in [7, 11) is -4.10. The van der Waals surface area contributed by atoms with Gasteiger partial charge in [-0.2, -0.15) is 4.31 Å². The third-order valence-corrected chi connectivity index (χ3v) is 7.43. The van der Waals surface area contributed by atoms with Gasteiger partial charge in [-0.25, -0.2) is 13.2 Å². The molecule has 2 N–H and O–H groups in total. The van der Waals surface area contributed by atoms with Gasteiger partial charge < -0.3 is 15.5 Å². The van der Waals surface area contributed by atoms with Gasteiger partial charge in [-0.15, -0.1) is 0 Å². The lowest BCUT2D eigenvalue weighted by molar-refractivity contribution is -0.387. The summed E-state index contributed by atoms with van der Waals surface area (Å²) in [6, 6.07) is 12.7. The molecule has 1 aliphatic rings. The van der Waals surface area contributed by atoms with Crippen LogP contribution in [0.1, 0.15) is 13.8 Å². The average Bonchev–Trinajstić information content (AvgIpc) is 2.82. The molecule has 12 heteroatoms. The van der Waals surface area contributed by atoms with Gasteiger partial charge in [0.2, 0.25) is 15.9 Å². The van der Waals surface area contributed by atoms with Gasteiger partial charge >= 0.3 is 6.03 Å². The molecule has 2 aromatic rings. The Morgan fingerprint density at radius 1 is 0.971 bits per heavy atom. The number of nitro benzene ring substituents is 1. The van der Waals surface area contributed by atoms with Crippen LogP contribution in [0.2, 0.25) is 0 Å². The van der Waals surface area contributed by atoms with E-state index in [4.69, 9.17) is 0 Å². The number of benzene rings is 2. The van der Waals surface area contributed by atoms with E-state index in [1.54, 1.807) is 38.1 Å². The molecule has 3 rings (SSSR count). The zero-order chi connectivity index (χ0) is 24.9. The van der Waals surface area contributed by atoms with Crippen molar-refractivity contribution < 1.29 is 22.9 Å². The van der Waals surface area contributed by atoms with Crippen molar-refractivity contribution in [3.8, 4) is 0 Å². The molecule has 0 bridgehead atoms. The van der Waals surface area contributed by atoms with Gasteiger partial charge in [0.05, 0.1) is 4.92 Å². The summed E-state index contributed by atoms with van der Waals surface area (Å²) in [6.45, 7) is 3.79. The fraction of sp³-hybridized carbons (Fsp3) is 0.364. The number of nitrogens with zero attached hydrogens (tertiary/aromatic N) is 3. The highest BCUT2D eigenvalue weighted by Crippen LogP contribution is 2.27. The van der Waals surface area contributed by atoms with E-state index in [9.17, 15) is 28.1 Å². The summed E-state index contributed by atoms with van der Waals surface area (Å²) in [5, 5.41) is 16.6. The maximum absolute atomic E-state index is 13.1. The molecule has 0 radical (unpaired) electrons. The van der Waals surface area contributed by atoms with E-state index in [-0.39, 0.29) is 42.9 Å². The van der Waals surface area contributed by atoms with Crippen LogP contribution in [0.3, 0.4) is 0 Å². The Bertz CT molecular complexity index is 1150. The molecule has 1 unspecified atom stereocenters. The van der Waals surface area contributed by atoms with Crippen LogP contribution in [0.25, 0.3) is 0 Å². The Labute approximate surface area is 197 Å². The number of hydrogen-bond acceptors (Lipinski definition) is 6. The zero-order valence-electron chi connectivity index (χ0n) is 18.9. The van der Waals surface area contributed by atoms with Crippen LogP contribution in [0.15, 0.2) is 59.5 Å². The number of anilines is 1. The van der Waals surface area contributed by atoms with Gasteiger partial charge in [0.25, 0.3) is 5.69 Å². The quantitative estimate of drug-likeness (QED) is 0.451. The first-order chi connectivity index (χ1) is 16.1. The van der Waals surface area contributed by atoms with Crippen LogP contribution >= 0.6 is 0 Å². The van der Waals surface area contributed by atoms with Crippen LogP contribution in [0, 0.1) is 16.0 Å². The molecule has 1 atom stereocenters. The molecular weight excluding hydrogens is 462 g/mol. The molecule has 34 heavy (non-hydrogen) atoms. The van der Waals surface area contributed by atoms with Crippen LogP contribution < -0.4 is 10.6 Å². The monoisotopic (exact) mass is 489 g/mol. The van der Waals surface area contributed by atoms with Crippen molar-refractivity contribution in [3.05, 3.63) is 64.7 Å². The summed E-state index contributed by atoms with van der Waals surface area (Å²) >= 11 is 0. The summed E-state index contributed by atoms with van der Waals surface area (Å²) in [6.07, 6.45) is 0. The van der Waals surface area contributed by atoms with Crippen molar-refractivity contribution in [3.63, 3.8) is 0 Å². The van der Waals surface area contributed by atoms with E-state index in [1.165, 1.54) is 23.1 Å². The third kappa shape index (κ3) is 5.69. The molecule has 11 nitrogen and oxygen atoms in total. The standard InChI is InChI=1S/C22H27N5O6S/c1-16(2)20(24-22(29)23-17-8-4-3-5-9-17)21(28)25-12-14-26(15-13-25)34(32,33)19-11-7-6-10-18(19)27(30)31/h3-11,16,20H,12-15H2,1-2H3,(H2,23,24,29). The molecule has 1 fully saturated rings. The first kappa shape index (κ1) is 25.1. The lowest BCUT2D eigenvalue weighted by Gasteiger charge is -2.36. The Balaban J connectivity index is 1.65. The second-order valence-corrected chi connectivity index (χ2v) is 10.0. The van der Waals surface area contributed by atoms with Crippen LogP contribution in [0.5, 0.6) is 0 Å². The second kappa shape index (κ2) is 10.6. The number of sulfonamides is 1. The number of para-hydroxylation sites is 2. The number of carbonyl (C=O) groups excluding carboxylic acids is 2. The number of nitro groups is 1. The van der Waals surface area contributed by atoms with E-state index in [2.05, 4.69) is 10.6 Å². The summed E-state index contributed by atoms with van der Waals surface area (Å²) < 4.78 is 27.1. The molecule has 3 amide bonds. The summed E-state index contributed by atoms with van der Waals surface area (Å²) in [5.41, 5.74) is 0.0956. The van der Waals surface area contributed by atoms with Crippen molar-refractivity contribution in [1.29, 1.82) is 0 Å². The Kier molecular flexibility index (Phi) is 7.84. The molecule has 0 aliphatic carbocycles. The predicted molar refractivity (Wildman–Crippen MR) is 126 cm³/mol. The number of amides is 3. The van der Waals surface area contributed by atoms with Crippen molar-refractivity contribution >= 4 is 33.3 Å². The van der Waals surface area contributed by atoms with Crippen molar-refractivity contribution in [2.24, 2.45) is 5.92 Å². The van der Waals surface area contributed by atoms with E-state index < -0.39 is 32.7 Å². The normalized spacial score (nSPS) is 15.6. The molecule has 0 spiro atoms. The SMILES string of the molecule is CC(C)C(NC(=O)Nc1ccccc1)C(=O)N1CCN(S(=O)(=O)c2ccccc2[N+](=O)[O-])CC1. The summed E-state index contributed by atoms with van der Waals surface area (Å²) in [5.74, 6) is -0.524. The van der Waals surface area contributed by atoms with Gasteiger partial charge in [0.1, 0.15) is 6.04 Å². The maximum atomic E-state index is 13.1.